The summed E-state index contributed by atoms with van der Waals surface area (Å²) in [4.78, 5) is 16.8. The van der Waals surface area contributed by atoms with Crippen molar-refractivity contribution in [1.82, 2.24) is 9.80 Å². The van der Waals surface area contributed by atoms with E-state index in [4.69, 9.17) is 5.73 Å². The first-order chi connectivity index (χ1) is 15.2. The maximum atomic E-state index is 13.5. The fraction of sp³-hybridized carbons (Fsp3) is 0.370. The molecule has 3 rings (SSSR count). The highest BCUT2D eigenvalue weighted by atomic mass is 19.1. The number of benzene rings is 1. The Morgan fingerprint density at radius 2 is 2.09 bits per heavy atom. The van der Waals surface area contributed by atoms with Gasteiger partial charge in [0, 0.05) is 42.3 Å². The van der Waals surface area contributed by atoms with Gasteiger partial charge in [0.1, 0.15) is 5.82 Å². The maximum Gasteiger partial charge on any atom is 0.254 e. The zero-order valence-electron chi connectivity index (χ0n) is 19.6. The van der Waals surface area contributed by atoms with Gasteiger partial charge in [-0.15, -0.1) is 0 Å². The van der Waals surface area contributed by atoms with E-state index in [0.29, 0.717) is 12.1 Å². The molecule has 0 radical (unpaired) electrons. The van der Waals surface area contributed by atoms with Gasteiger partial charge in [0.25, 0.3) is 5.91 Å². The van der Waals surface area contributed by atoms with Gasteiger partial charge in [-0.2, -0.15) is 0 Å². The molecule has 1 aromatic rings. The molecule has 0 saturated carbocycles. The lowest BCUT2D eigenvalue weighted by Crippen LogP contribution is -2.46. The third-order valence-corrected chi connectivity index (χ3v) is 6.26. The summed E-state index contributed by atoms with van der Waals surface area (Å²) in [6.07, 6.45) is 10.5. The second kappa shape index (κ2) is 10.1. The quantitative estimate of drug-likeness (QED) is 0.627. The first kappa shape index (κ1) is 23.7. The third kappa shape index (κ3) is 5.28. The van der Waals surface area contributed by atoms with Crippen LogP contribution in [0.2, 0.25) is 0 Å². The average molecular weight is 436 g/mol. The molecule has 0 bridgehead atoms. The summed E-state index contributed by atoms with van der Waals surface area (Å²) in [5.74, 6) is -0.212. The molecule has 2 aliphatic rings. The van der Waals surface area contributed by atoms with E-state index in [2.05, 4.69) is 33.4 Å². The number of likely N-dealkylation sites (tertiary alicyclic amines) is 1. The second-order valence-electron chi connectivity index (χ2n) is 8.68. The molecule has 1 saturated heterocycles. The van der Waals surface area contributed by atoms with Gasteiger partial charge in [0.05, 0.1) is 0 Å². The Bertz CT molecular complexity index is 1030. The van der Waals surface area contributed by atoms with E-state index in [1.807, 2.05) is 41.1 Å². The number of allylic oxidation sites excluding steroid dienone is 4. The number of amides is 1. The van der Waals surface area contributed by atoms with Gasteiger partial charge in [0.2, 0.25) is 0 Å². The Morgan fingerprint density at radius 1 is 1.34 bits per heavy atom. The van der Waals surface area contributed by atoms with Crippen LogP contribution in [-0.2, 0) is 4.79 Å². The lowest BCUT2D eigenvalue weighted by molar-refractivity contribution is -0.127. The molecule has 2 aliphatic heterocycles. The van der Waals surface area contributed by atoms with Gasteiger partial charge in [-0.05, 0) is 86.6 Å². The number of hydrogen-bond donors (Lipinski definition) is 1. The van der Waals surface area contributed by atoms with Gasteiger partial charge >= 0.3 is 0 Å². The van der Waals surface area contributed by atoms with Crippen molar-refractivity contribution in [2.45, 2.75) is 53.0 Å². The summed E-state index contributed by atoms with van der Waals surface area (Å²) in [7, 11) is 0. The minimum absolute atomic E-state index is 0.0115. The zero-order chi connectivity index (χ0) is 23.4. The van der Waals surface area contributed by atoms with Crippen molar-refractivity contribution >= 4 is 12.0 Å². The summed E-state index contributed by atoms with van der Waals surface area (Å²) in [5.41, 5.74) is 12.7. The average Bonchev–Trinajstić information content (AvgIpc) is 2.75. The Kier molecular flexibility index (Phi) is 7.52. The van der Waals surface area contributed by atoms with E-state index < -0.39 is 0 Å². The Morgan fingerprint density at radius 3 is 2.72 bits per heavy atom. The standard InChI is InChI=1S/C27H34FN3O/c1-6-26(19(3)14-22-9-10-24(28)15-18(22)2)21(5)31-13-11-23(16-20(31)4)27(32)30-12-7-8-25(29)17-30/h9-11,13-16,25H,4,6-8,12,17,29H2,1-3,5H3/b19-14+,26-21+. The van der Waals surface area contributed by atoms with Crippen molar-refractivity contribution in [2.24, 2.45) is 5.73 Å². The lowest BCUT2D eigenvalue weighted by atomic mass is 9.97. The molecule has 1 unspecified atom stereocenters. The fourth-order valence-electron chi connectivity index (χ4n) is 4.47. The first-order valence-corrected chi connectivity index (χ1v) is 11.3. The molecule has 0 spiro atoms. The van der Waals surface area contributed by atoms with Gasteiger partial charge in [-0.1, -0.05) is 25.6 Å². The van der Waals surface area contributed by atoms with Gasteiger partial charge in [-0.3, -0.25) is 4.79 Å². The molecular weight excluding hydrogens is 401 g/mol. The Labute approximate surface area is 191 Å². The fourth-order valence-corrected chi connectivity index (χ4v) is 4.47. The summed E-state index contributed by atoms with van der Waals surface area (Å²) < 4.78 is 13.5. The van der Waals surface area contributed by atoms with Crippen LogP contribution in [0.5, 0.6) is 0 Å². The van der Waals surface area contributed by atoms with Crippen molar-refractivity contribution in [3.8, 4) is 0 Å². The van der Waals surface area contributed by atoms with Crippen molar-refractivity contribution in [3.63, 3.8) is 0 Å². The maximum absolute atomic E-state index is 13.5. The molecule has 0 aliphatic carbocycles. The Hall–Kier alpha value is -2.92. The van der Waals surface area contributed by atoms with Gasteiger partial charge in [0.15, 0.2) is 0 Å². The van der Waals surface area contributed by atoms with Crippen LogP contribution in [0.25, 0.3) is 6.08 Å². The molecule has 0 aromatic heterocycles. The molecule has 4 nitrogen and oxygen atoms in total. The van der Waals surface area contributed by atoms with Crippen LogP contribution in [0.3, 0.4) is 0 Å². The van der Waals surface area contributed by atoms with E-state index in [9.17, 15) is 9.18 Å². The van der Waals surface area contributed by atoms with E-state index in [1.54, 1.807) is 6.07 Å². The van der Waals surface area contributed by atoms with Crippen molar-refractivity contribution < 1.29 is 9.18 Å². The normalized spacial score (nSPS) is 20.3. The molecule has 2 N–H and O–H groups in total. The molecule has 1 fully saturated rings. The predicted octanol–water partition coefficient (Wildman–Crippen LogP) is 5.44. The van der Waals surface area contributed by atoms with Crippen LogP contribution in [0.4, 0.5) is 4.39 Å². The molecule has 1 aromatic carbocycles. The minimum atomic E-state index is -0.224. The molecule has 170 valence electrons. The third-order valence-electron chi connectivity index (χ3n) is 6.26. The number of nitrogens with zero attached hydrogens (tertiary/aromatic N) is 2. The SMILES string of the molecule is C=C1C=C(C(=O)N2CCCC(N)C2)C=CN1/C(C)=C(CC)/C(C)=C/c1ccc(F)cc1C. The molecule has 1 amide bonds. The second-order valence-corrected chi connectivity index (χ2v) is 8.68. The summed E-state index contributed by atoms with van der Waals surface area (Å²) in [6, 6.07) is 4.90. The molecule has 1 atom stereocenters. The van der Waals surface area contributed by atoms with Crippen molar-refractivity contribution in [1.29, 1.82) is 0 Å². The van der Waals surface area contributed by atoms with Crippen molar-refractivity contribution in [2.75, 3.05) is 13.1 Å². The first-order valence-electron chi connectivity index (χ1n) is 11.3. The van der Waals surface area contributed by atoms with Crippen LogP contribution in [0.15, 0.2) is 71.2 Å². The molecule has 2 heterocycles. The minimum Gasteiger partial charge on any atom is -0.337 e. The number of carbonyl (C=O) groups excluding carboxylic acids is 1. The number of aryl methyl sites for hydroxylation is 1. The summed E-state index contributed by atoms with van der Waals surface area (Å²) in [5, 5.41) is 0. The highest BCUT2D eigenvalue weighted by molar-refractivity contribution is 5.97. The topological polar surface area (TPSA) is 49.6 Å². The molecular formula is C27H34FN3O. The van der Waals surface area contributed by atoms with Crippen molar-refractivity contribution in [3.05, 3.63) is 88.2 Å². The van der Waals surface area contributed by atoms with Crippen LogP contribution < -0.4 is 5.73 Å². The summed E-state index contributed by atoms with van der Waals surface area (Å²) >= 11 is 0. The van der Waals surface area contributed by atoms with Crippen LogP contribution in [0, 0.1) is 12.7 Å². The van der Waals surface area contributed by atoms with Crippen LogP contribution in [-0.4, -0.2) is 34.8 Å². The molecule has 32 heavy (non-hydrogen) atoms. The van der Waals surface area contributed by atoms with E-state index >= 15 is 0 Å². The predicted molar refractivity (Wildman–Crippen MR) is 130 cm³/mol. The smallest absolute Gasteiger partial charge is 0.254 e. The lowest BCUT2D eigenvalue weighted by Gasteiger charge is -2.33. The van der Waals surface area contributed by atoms with Crippen LogP contribution in [0.1, 0.15) is 51.2 Å². The number of rotatable bonds is 5. The highest BCUT2D eigenvalue weighted by Gasteiger charge is 2.25. The van der Waals surface area contributed by atoms with Gasteiger partial charge < -0.3 is 15.5 Å². The Balaban J connectivity index is 1.82. The largest absolute Gasteiger partial charge is 0.337 e. The number of carbonyl (C=O) groups is 1. The van der Waals surface area contributed by atoms with Gasteiger partial charge in [-0.25, -0.2) is 4.39 Å². The highest BCUT2D eigenvalue weighted by Crippen LogP contribution is 2.29. The van der Waals surface area contributed by atoms with Crippen LogP contribution >= 0.6 is 0 Å². The number of piperidine rings is 1. The number of halogens is 1. The van der Waals surface area contributed by atoms with E-state index in [1.165, 1.54) is 11.6 Å². The zero-order valence-corrected chi connectivity index (χ0v) is 19.6. The molecule has 5 heteroatoms. The van der Waals surface area contributed by atoms with E-state index in [-0.39, 0.29) is 17.8 Å². The number of hydrogen-bond acceptors (Lipinski definition) is 3. The summed E-state index contributed by atoms with van der Waals surface area (Å²) in [6.45, 7) is 13.7. The van der Waals surface area contributed by atoms with E-state index in [0.717, 1.165) is 53.9 Å². The monoisotopic (exact) mass is 435 g/mol. The number of nitrogens with two attached hydrogens (primary N) is 1.